The molecular weight excluding hydrogens is 234 g/mol. The van der Waals surface area contributed by atoms with E-state index in [0.717, 1.165) is 25.7 Å². The first-order valence-corrected chi connectivity index (χ1v) is 7.37. The SMILES string of the molecule is Cc1ccc(C)c(CC(=O)C2(CN)CCCCC2)c1. The molecule has 1 saturated carbocycles. The molecule has 0 bridgehead atoms. The van der Waals surface area contributed by atoms with Gasteiger partial charge in [0.25, 0.3) is 0 Å². The minimum atomic E-state index is -0.242. The van der Waals surface area contributed by atoms with Crippen LogP contribution in [0.1, 0.15) is 48.8 Å². The second kappa shape index (κ2) is 5.87. The number of rotatable bonds is 4. The molecule has 1 aliphatic carbocycles. The van der Waals surface area contributed by atoms with Crippen LogP contribution in [0.2, 0.25) is 0 Å². The van der Waals surface area contributed by atoms with E-state index in [1.807, 2.05) is 0 Å². The lowest BCUT2D eigenvalue weighted by Crippen LogP contribution is -2.41. The molecule has 0 atom stereocenters. The molecular formula is C17H25NO. The average molecular weight is 259 g/mol. The number of hydrogen-bond donors (Lipinski definition) is 1. The maximum Gasteiger partial charge on any atom is 0.144 e. The Morgan fingerprint density at radius 3 is 2.53 bits per heavy atom. The third kappa shape index (κ3) is 3.06. The first-order chi connectivity index (χ1) is 9.07. The van der Waals surface area contributed by atoms with E-state index in [4.69, 9.17) is 5.73 Å². The second-order valence-corrected chi connectivity index (χ2v) is 6.08. The molecule has 0 amide bonds. The molecule has 2 heteroatoms. The van der Waals surface area contributed by atoms with Crippen LogP contribution in [0, 0.1) is 19.3 Å². The fourth-order valence-electron chi connectivity index (χ4n) is 3.18. The number of ketones is 1. The Hall–Kier alpha value is -1.15. The van der Waals surface area contributed by atoms with Crippen LogP contribution in [0.3, 0.4) is 0 Å². The molecule has 1 aromatic rings. The molecule has 0 aliphatic heterocycles. The van der Waals surface area contributed by atoms with Gasteiger partial charge < -0.3 is 5.73 Å². The standard InChI is InChI=1S/C17H25NO/c1-13-6-7-14(2)15(10-13)11-16(19)17(12-18)8-4-3-5-9-17/h6-7,10H,3-5,8-9,11-12,18H2,1-2H3. The zero-order valence-corrected chi connectivity index (χ0v) is 12.2. The van der Waals surface area contributed by atoms with Crippen LogP contribution >= 0.6 is 0 Å². The molecule has 1 aromatic carbocycles. The molecule has 0 radical (unpaired) electrons. The van der Waals surface area contributed by atoms with Crippen LogP contribution in [0.4, 0.5) is 0 Å². The van der Waals surface area contributed by atoms with Gasteiger partial charge in [0.15, 0.2) is 0 Å². The molecule has 0 heterocycles. The predicted molar refractivity (Wildman–Crippen MR) is 79.2 cm³/mol. The molecule has 0 saturated heterocycles. The van der Waals surface area contributed by atoms with Crippen LogP contribution in [-0.2, 0) is 11.2 Å². The highest BCUT2D eigenvalue weighted by molar-refractivity contribution is 5.87. The smallest absolute Gasteiger partial charge is 0.144 e. The highest BCUT2D eigenvalue weighted by atomic mass is 16.1. The topological polar surface area (TPSA) is 43.1 Å². The van der Waals surface area contributed by atoms with Gasteiger partial charge in [0.2, 0.25) is 0 Å². The number of aryl methyl sites for hydroxylation is 2. The Bertz CT molecular complexity index is 458. The van der Waals surface area contributed by atoms with Gasteiger partial charge in [-0.25, -0.2) is 0 Å². The molecule has 1 fully saturated rings. The maximum absolute atomic E-state index is 12.7. The number of carbonyl (C=O) groups is 1. The van der Waals surface area contributed by atoms with Crippen molar-refractivity contribution in [1.29, 1.82) is 0 Å². The van der Waals surface area contributed by atoms with Crippen molar-refractivity contribution in [2.75, 3.05) is 6.54 Å². The first-order valence-electron chi connectivity index (χ1n) is 7.37. The van der Waals surface area contributed by atoms with E-state index in [9.17, 15) is 4.79 Å². The van der Waals surface area contributed by atoms with Gasteiger partial charge in [-0.2, -0.15) is 0 Å². The van der Waals surface area contributed by atoms with Gasteiger partial charge >= 0.3 is 0 Å². The van der Waals surface area contributed by atoms with E-state index in [1.54, 1.807) is 0 Å². The summed E-state index contributed by atoms with van der Waals surface area (Å²) >= 11 is 0. The summed E-state index contributed by atoms with van der Waals surface area (Å²) in [7, 11) is 0. The monoisotopic (exact) mass is 259 g/mol. The second-order valence-electron chi connectivity index (χ2n) is 6.08. The van der Waals surface area contributed by atoms with Gasteiger partial charge in [-0.1, -0.05) is 43.0 Å². The summed E-state index contributed by atoms with van der Waals surface area (Å²) in [4.78, 5) is 12.7. The van der Waals surface area contributed by atoms with E-state index in [0.29, 0.717) is 18.7 Å². The van der Waals surface area contributed by atoms with Crippen molar-refractivity contribution in [2.24, 2.45) is 11.1 Å². The normalized spacial score (nSPS) is 18.3. The van der Waals surface area contributed by atoms with E-state index in [1.165, 1.54) is 23.1 Å². The molecule has 0 spiro atoms. The van der Waals surface area contributed by atoms with Crippen LogP contribution in [-0.4, -0.2) is 12.3 Å². The fraction of sp³-hybridized carbons (Fsp3) is 0.588. The molecule has 19 heavy (non-hydrogen) atoms. The maximum atomic E-state index is 12.7. The lowest BCUT2D eigenvalue weighted by atomic mass is 9.69. The van der Waals surface area contributed by atoms with E-state index in [-0.39, 0.29) is 5.41 Å². The molecule has 2 N–H and O–H groups in total. The minimum absolute atomic E-state index is 0.242. The van der Waals surface area contributed by atoms with Crippen molar-refractivity contribution < 1.29 is 4.79 Å². The van der Waals surface area contributed by atoms with Crippen molar-refractivity contribution in [2.45, 2.75) is 52.4 Å². The number of nitrogens with two attached hydrogens (primary N) is 1. The predicted octanol–water partition coefficient (Wildman–Crippen LogP) is 3.32. The van der Waals surface area contributed by atoms with Crippen molar-refractivity contribution in [1.82, 2.24) is 0 Å². The summed E-state index contributed by atoms with van der Waals surface area (Å²) < 4.78 is 0. The highest BCUT2D eigenvalue weighted by Gasteiger charge is 2.37. The third-order valence-electron chi connectivity index (χ3n) is 4.65. The summed E-state index contributed by atoms with van der Waals surface area (Å²) in [6.07, 6.45) is 6.05. The van der Waals surface area contributed by atoms with E-state index >= 15 is 0 Å². The van der Waals surface area contributed by atoms with Crippen molar-refractivity contribution in [3.8, 4) is 0 Å². The molecule has 2 nitrogen and oxygen atoms in total. The summed E-state index contributed by atoms with van der Waals surface area (Å²) in [5.41, 5.74) is 9.30. The Labute approximate surface area is 116 Å². The van der Waals surface area contributed by atoms with Crippen LogP contribution in [0.15, 0.2) is 18.2 Å². The fourth-order valence-corrected chi connectivity index (χ4v) is 3.18. The van der Waals surface area contributed by atoms with Gasteiger partial charge in [0.05, 0.1) is 0 Å². The van der Waals surface area contributed by atoms with Crippen LogP contribution in [0.25, 0.3) is 0 Å². The molecule has 2 rings (SSSR count). The zero-order valence-electron chi connectivity index (χ0n) is 12.2. The van der Waals surface area contributed by atoms with Crippen LogP contribution in [0.5, 0.6) is 0 Å². The van der Waals surface area contributed by atoms with Gasteiger partial charge in [0, 0.05) is 18.4 Å². The molecule has 0 unspecified atom stereocenters. The Kier molecular flexibility index (Phi) is 4.41. The van der Waals surface area contributed by atoms with Gasteiger partial charge in [-0.15, -0.1) is 0 Å². The molecule has 0 aromatic heterocycles. The highest BCUT2D eigenvalue weighted by Crippen LogP contribution is 2.37. The molecule has 1 aliphatic rings. The number of Topliss-reactive ketones (excluding diaryl/α,β-unsaturated/α-hetero) is 1. The Morgan fingerprint density at radius 2 is 1.89 bits per heavy atom. The van der Waals surface area contributed by atoms with Crippen LogP contribution < -0.4 is 5.73 Å². The number of hydrogen-bond acceptors (Lipinski definition) is 2. The summed E-state index contributed by atoms with van der Waals surface area (Å²) in [5.74, 6) is 0.350. The lowest BCUT2D eigenvalue weighted by Gasteiger charge is -2.35. The quantitative estimate of drug-likeness (QED) is 0.901. The first kappa shape index (κ1) is 14.3. The largest absolute Gasteiger partial charge is 0.329 e. The van der Waals surface area contributed by atoms with Gasteiger partial charge in [-0.05, 0) is 37.8 Å². The van der Waals surface area contributed by atoms with Crippen molar-refractivity contribution in [3.63, 3.8) is 0 Å². The number of carbonyl (C=O) groups excluding carboxylic acids is 1. The minimum Gasteiger partial charge on any atom is -0.329 e. The number of benzene rings is 1. The van der Waals surface area contributed by atoms with Crippen molar-refractivity contribution >= 4 is 5.78 Å². The summed E-state index contributed by atoms with van der Waals surface area (Å²) in [5, 5.41) is 0. The zero-order chi connectivity index (χ0) is 13.9. The lowest BCUT2D eigenvalue weighted by molar-refractivity contribution is -0.129. The van der Waals surface area contributed by atoms with E-state index < -0.39 is 0 Å². The van der Waals surface area contributed by atoms with Crippen molar-refractivity contribution in [3.05, 3.63) is 34.9 Å². The third-order valence-corrected chi connectivity index (χ3v) is 4.65. The Balaban J connectivity index is 2.17. The average Bonchev–Trinajstić information content (AvgIpc) is 2.43. The van der Waals surface area contributed by atoms with Gasteiger partial charge in [-0.3, -0.25) is 4.79 Å². The van der Waals surface area contributed by atoms with Gasteiger partial charge in [0.1, 0.15) is 5.78 Å². The summed E-state index contributed by atoms with van der Waals surface area (Å²) in [6, 6.07) is 6.34. The molecule has 104 valence electrons. The summed E-state index contributed by atoms with van der Waals surface area (Å²) in [6.45, 7) is 4.67. The Morgan fingerprint density at radius 1 is 1.21 bits per heavy atom. The van der Waals surface area contributed by atoms with E-state index in [2.05, 4.69) is 32.0 Å².